The van der Waals surface area contributed by atoms with Crippen LogP contribution >= 0.6 is 0 Å². The third-order valence-corrected chi connectivity index (χ3v) is 4.68. The molecule has 4 heteroatoms. The number of nitrogens with one attached hydrogen (secondary N) is 1. The van der Waals surface area contributed by atoms with E-state index in [1.54, 1.807) is 0 Å². The van der Waals surface area contributed by atoms with E-state index in [-0.39, 0.29) is 5.91 Å². The molecule has 3 N–H and O–H groups in total. The molecule has 108 valence electrons. The summed E-state index contributed by atoms with van der Waals surface area (Å²) >= 11 is 0. The molecule has 0 aromatic heterocycles. The average molecular weight is 273 g/mol. The number of benzene rings is 1. The lowest BCUT2D eigenvalue weighted by Gasteiger charge is -2.41. The molecule has 2 bridgehead atoms. The highest BCUT2D eigenvalue weighted by molar-refractivity contribution is 5.93. The van der Waals surface area contributed by atoms with E-state index in [1.807, 2.05) is 24.3 Å². The molecule has 2 saturated heterocycles. The van der Waals surface area contributed by atoms with Crippen LogP contribution in [0.3, 0.4) is 0 Å². The summed E-state index contributed by atoms with van der Waals surface area (Å²) in [6.07, 6.45) is 5.01. The highest BCUT2D eigenvalue weighted by Gasteiger charge is 2.40. The van der Waals surface area contributed by atoms with Gasteiger partial charge in [-0.3, -0.25) is 4.79 Å². The third kappa shape index (κ3) is 2.40. The van der Waals surface area contributed by atoms with E-state index < -0.39 is 0 Å². The Labute approximate surface area is 120 Å². The molecule has 0 aliphatic carbocycles. The molecule has 2 fully saturated rings. The second kappa shape index (κ2) is 5.44. The van der Waals surface area contributed by atoms with Crippen LogP contribution in [-0.2, 0) is 0 Å². The monoisotopic (exact) mass is 273 g/mol. The number of rotatable bonds is 4. The Bertz CT molecular complexity index is 471. The van der Waals surface area contributed by atoms with Gasteiger partial charge in [0, 0.05) is 29.4 Å². The first-order chi connectivity index (χ1) is 9.69. The van der Waals surface area contributed by atoms with Gasteiger partial charge in [-0.1, -0.05) is 6.92 Å². The number of nitrogens with zero attached hydrogens (tertiary/aromatic N) is 1. The number of carbonyl (C=O) groups excluding carboxylic acids is 1. The van der Waals surface area contributed by atoms with Crippen LogP contribution in [0.15, 0.2) is 24.3 Å². The Morgan fingerprint density at radius 2 is 1.85 bits per heavy atom. The van der Waals surface area contributed by atoms with Crippen LogP contribution in [0, 0.1) is 0 Å². The quantitative estimate of drug-likeness (QED) is 0.881. The summed E-state index contributed by atoms with van der Waals surface area (Å²) in [6.45, 7) is 3.23. The fourth-order valence-electron chi connectivity index (χ4n) is 3.85. The average Bonchev–Trinajstić information content (AvgIpc) is 2.71. The van der Waals surface area contributed by atoms with Crippen molar-refractivity contribution in [2.45, 2.75) is 50.7 Å². The Morgan fingerprint density at radius 1 is 1.25 bits per heavy atom. The minimum atomic E-state index is -0.356. The maximum absolute atomic E-state index is 11.1. The van der Waals surface area contributed by atoms with E-state index in [4.69, 9.17) is 5.73 Å². The molecule has 2 unspecified atom stereocenters. The second-order valence-electron chi connectivity index (χ2n) is 5.93. The van der Waals surface area contributed by atoms with Crippen molar-refractivity contribution in [3.05, 3.63) is 29.8 Å². The number of amides is 1. The van der Waals surface area contributed by atoms with Gasteiger partial charge in [-0.25, -0.2) is 0 Å². The molecular formula is C16H23N3O. The molecule has 20 heavy (non-hydrogen) atoms. The maximum Gasteiger partial charge on any atom is 0.248 e. The van der Waals surface area contributed by atoms with Gasteiger partial charge < -0.3 is 16.0 Å². The van der Waals surface area contributed by atoms with Gasteiger partial charge in [-0.05, 0) is 56.5 Å². The van der Waals surface area contributed by atoms with Crippen LogP contribution in [0.1, 0.15) is 43.0 Å². The van der Waals surface area contributed by atoms with E-state index in [2.05, 4.69) is 17.1 Å². The van der Waals surface area contributed by atoms with E-state index in [0.29, 0.717) is 23.7 Å². The first-order valence-electron chi connectivity index (χ1n) is 7.60. The number of hydrogen-bond donors (Lipinski definition) is 2. The molecular weight excluding hydrogens is 250 g/mol. The Kier molecular flexibility index (Phi) is 3.66. The summed E-state index contributed by atoms with van der Waals surface area (Å²) in [7, 11) is 0. The van der Waals surface area contributed by atoms with Crippen LogP contribution in [-0.4, -0.2) is 30.6 Å². The van der Waals surface area contributed by atoms with Crippen molar-refractivity contribution < 1.29 is 4.79 Å². The van der Waals surface area contributed by atoms with Gasteiger partial charge >= 0.3 is 0 Å². The lowest BCUT2D eigenvalue weighted by atomic mass is 9.96. The minimum Gasteiger partial charge on any atom is -0.366 e. The molecule has 3 rings (SSSR count). The maximum atomic E-state index is 11.1. The van der Waals surface area contributed by atoms with Crippen molar-refractivity contribution >= 4 is 11.6 Å². The summed E-state index contributed by atoms with van der Waals surface area (Å²) in [5.74, 6) is -0.356. The first kappa shape index (κ1) is 13.4. The number of carbonyl (C=O) groups is 1. The summed E-state index contributed by atoms with van der Waals surface area (Å²) in [5.41, 5.74) is 7.12. The number of piperidine rings is 1. The van der Waals surface area contributed by atoms with Crippen LogP contribution in [0.5, 0.6) is 0 Å². The molecule has 1 aromatic carbocycles. The molecule has 0 radical (unpaired) electrons. The van der Waals surface area contributed by atoms with Gasteiger partial charge in [0.15, 0.2) is 0 Å². The SMILES string of the molecule is CCNC1CC2CCC(C1)N2c1ccc(C(N)=O)cc1. The fraction of sp³-hybridized carbons (Fsp3) is 0.562. The normalized spacial score (nSPS) is 28.6. The Balaban J connectivity index is 1.76. The van der Waals surface area contributed by atoms with E-state index in [0.717, 1.165) is 6.54 Å². The molecule has 0 spiro atoms. The van der Waals surface area contributed by atoms with Crippen molar-refractivity contribution in [2.75, 3.05) is 11.4 Å². The van der Waals surface area contributed by atoms with Gasteiger partial charge in [0.05, 0.1) is 0 Å². The lowest BCUT2D eigenvalue weighted by Crippen LogP contribution is -2.49. The van der Waals surface area contributed by atoms with Crippen molar-refractivity contribution in [3.8, 4) is 0 Å². The summed E-state index contributed by atoms with van der Waals surface area (Å²) < 4.78 is 0. The predicted octanol–water partition coefficient (Wildman–Crippen LogP) is 1.89. The topological polar surface area (TPSA) is 58.4 Å². The molecule has 4 nitrogen and oxygen atoms in total. The zero-order chi connectivity index (χ0) is 14.1. The molecule has 1 aromatic rings. The molecule has 2 aliphatic heterocycles. The minimum absolute atomic E-state index is 0.356. The van der Waals surface area contributed by atoms with E-state index >= 15 is 0 Å². The van der Waals surface area contributed by atoms with Crippen LogP contribution < -0.4 is 16.0 Å². The van der Waals surface area contributed by atoms with Gasteiger partial charge in [0.1, 0.15) is 0 Å². The summed E-state index contributed by atoms with van der Waals surface area (Å²) in [4.78, 5) is 13.7. The highest BCUT2D eigenvalue weighted by Crippen LogP contribution is 2.39. The third-order valence-electron chi connectivity index (χ3n) is 4.68. The largest absolute Gasteiger partial charge is 0.366 e. The first-order valence-corrected chi connectivity index (χ1v) is 7.60. The Morgan fingerprint density at radius 3 is 2.35 bits per heavy atom. The van der Waals surface area contributed by atoms with Crippen molar-refractivity contribution in [3.63, 3.8) is 0 Å². The molecule has 0 saturated carbocycles. The highest BCUT2D eigenvalue weighted by atomic mass is 16.1. The molecule has 2 aliphatic rings. The summed E-state index contributed by atoms with van der Waals surface area (Å²) in [5, 5.41) is 3.59. The standard InChI is InChI=1S/C16H23N3O/c1-2-18-12-9-14-7-8-15(10-12)19(14)13-5-3-11(4-6-13)16(17)20/h3-6,12,14-15,18H,2,7-10H2,1H3,(H2,17,20). The van der Waals surface area contributed by atoms with Crippen molar-refractivity contribution in [2.24, 2.45) is 5.73 Å². The van der Waals surface area contributed by atoms with E-state index in [9.17, 15) is 4.79 Å². The molecule has 2 atom stereocenters. The zero-order valence-corrected chi connectivity index (χ0v) is 12.0. The lowest BCUT2D eigenvalue weighted by molar-refractivity contribution is 0.100. The number of fused-ring (bicyclic) bond motifs is 2. The van der Waals surface area contributed by atoms with E-state index in [1.165, 1.54) is 31.4 Å². The zero-order valence-electron chi connectivity index (χ0n) is 12.0. The van der Waals surface area contributed by atoms with Gasteiger partial charge in [0.25, 0.3) is 0 Å². The molecule has 1 amide bonds. The van der Waals surface area contributed by atoms with Gasteiger partial charge in [0.2, 0.25) is 5.91 Å². The number of nitrogens with two attached hydrogens (primary N) is 1. The number of anilines is 1. The van der Waals surface area contributed by atoms with Crippen LogP contribution in [0.25, 0.3) is 0 Å². The van der Waals surface area contributed by atoms with Gasteiger partial charge in [-0.15, -0.1) is 0 Å². The second-order valence-corrected chi connectivity index (χ2v) is 5.93. The van der Waals surface area contributed by atoms with Crippen molar-refractivity contribution in [1.82, 2.24) is 5.32 Å². The predicted molar refractivity (Wildman–Crippen MR) is 80.9 cm³/mol. The Hall–Kier alpha value is -1.55. The van der Waals surface area contributed by atoms with Crippen LogP contribution in [0.4, 0.5) is 5.69 Å². The summed E-state index contributed by atoms with van der Waals surface area (Å²) in [6, 6.07) is 9.70. The van der Waals surface area contributed by atoms with Crippen molar-refractivity contribution in [1.29, 1.82) is 0 Å². The number of primary amides is 1. The fourth-order valence-corrected chi connectivity index (χ4v) is 3.85. The smallest absolute Gasteiger partial charge is 0.248 e. The van der Waals surface area contributed by atoms with Crippen LogP contribution in [0.2, 0.25) is 0 Å². The van der Waals surface area contributed by atoms with Gasteiger partial charge in [-0.2, -0.15) is 0 Å². The molecule has 2 heterocycles. The number of hydrogen-bond acceptors (Lipinski definition) is 3.